The van der Waals surface area contributed by atoms with E-state index in [1.807, 2.05) is 0 Å². The largest absolute Gasteiger partial charge is 0.367 e. The molecular formula is C9H7Cl2N5. The molecule has 0 aliphatic heterocycles. The molecule has 1 aromatic carbocycles. The molecule has 5 nitrogen and oxygen atoms in total. The van der Waals surface area contributed by atoms with Gasteiger partial charge in [0.05, 0.1) is 10.0 Å². The zero-order chi connectivity index (χ0) is 12.1. The van der Waals surface area contributed by atoms with Crippen molar-refractivity contribution in [1.82, 2.24) is 0 Å². The minimum absolute atomic E-state index is 0.0269. The van der Waals surface area contributed by atoms with Gasteiger partial charge in [0.15, 0.2) is 0 Å². The molecule has 0 heterocycles. The Morgan fingerprint density at radius 3 is 2.50 bits per heavy atom. The van der Waals surface area contributed by atoms with Gasteiger partial charge in [-0.15, -0.1) is 0 Å². The number of hydrogen-bond donors (Lipinski definition) is 2. The highest BCUT2D eigenvalue weighted by Gasteiger charge is 2.10. The van der Waals surface area contributed by atoms with Crippen molar-refractivity contribution in [2.45, 2.75) is 0 Å². The fourth-order valence-electron chi connectivity index (χ4n) is 0.918. The highest BCUT2D eigenvalue weighted by molar-refractivity contribution is 6.44. The number of hydrogen-bond acceptors (Lipinski definition) is 2. The molecule has 0 aliphatic carbocycles. The second kappa shape index (κ2) is 5.35. The van der Waals surface area contributed by atoms with Crippen molar-refractivity contribution in [3.05, 3.63) is 45.2 Å². The van der Waals surface area contributed by atoms with Gasteiger partial charge in [-0.3, -0.25) is 0 Å². The van der Waals surface area contributed by atoms with Gasteiger partial charge in [-0.05, 0) is 11.2 Å². The van der Waals surface area contributed by atoms with Crippen LogP contribution in [0.25, 0.3) is 4.85 Å². The van der Waals surface area contributed by atoms with E-state index in [2.05, 4.69) is 15.0 Å². The molecule has 0 unspecified atom stereocenters. The van der Waals surface area contributed by atoms with Crippen LogP contribution in [0.3, 0.4) is 0 Å². The first-order chi connectivity index (χ1) is 7.56. The van der Waals surface area contributed by atoms with Crippen LogP contribution < -0.4 is 11.5 Å². The van der Waals surface area contributed by atoms with Crippen molar-refractivity contribution < 1.29 is 0 Å². The maximum atomic E-state index is 6.95. The predicted octanol–water partition coefficient (Wildman–Crippen LogP) is 1.85. The van der Waals surface area contributed by atoms with E-state index in [0.29, 0.717) is 10.6 Å². The molecule has 0 radical (unpaired) electrons. The molecule has 1 aromatic rings. The number of benzene rings is 1. The fraction of sp³-hybridized carbons (Fsp3) is 0. The molecule has 0 saturated carbocycles. The molecule has 0 spiro atoms. The third-order valence-corrected chi connectivity index (χ3v) is 2.38. The molecular weight excluding hydrogens is 249 g/mol. The molecule has 0 aromatic heterocycles. The summed E-state index contributed by atoms with van der Waals surface area (Å²) in [4.78, 5) is 3.17. The number of guanidine groups is 1. The minimum atomic E-state index is -0.237. The molecule has 7 heteroatoms. The summed E-state index contributed by atoms with van der Waals surface area (Å²) < 4.78 is 0. The zero-order valence-corrected chi connectivity index (χ0v) is 9.50. The third kappa shape index (κ3) is 2.86. The normalized spacial score (nSPS) is 10.7. The monoisotopic (exact) mass is 255 g/mol. The summed E-state index contributed by atoms with van der Waals surface area (Å²) in [5.41, 5.74) is 10.6. The highest BCUT2D eigenvalue weighted by atomic mass is 35.5. The van der Waals surface area contributed by atoms with Gasteiger partial charge in [0.2, 0.25) is 5.96 Å². The van der Waals surface area contributed by atoms with Crippen molar-refractivity contribution in [1.29, 1.82) is 0 Å². The van der Waals surface area contributed by atoms with Crippen LogP contribution in [0.2, 0.25) is 10.0 Å². The molecule has 16 heavy (non-hydrogen) atoms. The lowest BCUT2D eigenvalue weighted by molar-refractivity contribution is 1.20. The van der Waals surface area contributed by atoms with Crippen LogP contribution >= 0.6 is 23.2 Å². The average molecular weight is 256 g/mol. The first-order valence-corrected chi connectivity index (χ1v) is 4.80. The Bertz CT molecular complexity index is 497. The Kier molecular flexibility index (Phi) is 4.11. The standard InChI is InChI=1S/C9H7Cl2N5/c1-14-8(15-16-9(12)13)5-3-2-4-6(10)7(5)11/h2-4H,(H4,12,13,16). The first-order valence-electron chi connectivity index (χ1n) is 4.04. The summed E-state index contributed by atoms with van der Waals surface area (Å²) >= 11 is 11.7. The van der Waals surface area contributed by atoms with Crippen molar-refractivity contribution in [2.24, 2.45) is 21.7 Å². The quantitative estimate of drug-likeness (QED) is 0.366. The van der Waals surface area contributed by atoms with Gasteiger partial charge in [0, 0.05) is 10.7 Å². The average Bonchev–Trinajstić information content (AvgIpc) is 2.24. The fourth-order valence-corrected chi connectivity index (χ4v) is 1.30. The van der Waals surface area contributed by atoms with Gasteiger partial charge in [0.1, 0.15) is 0 Å². The van der Waals surface area contributed by atoms with E-state index >= 15 is 0 Å². The number of rotatable bonds is 2. The molecule has 0 aliphatic rings. The lowest BCUT2D eigenvalue weighted by Crippen LogP contribution is -2.22. The Morgan fingerprint density at radius 1 is 1.25 bits per heavy atom. The molecule has 4 N–H and O–H groups in total. The summed E-state index contributed by atoms with van der Waals surface area (Å²) in [6.45, 7) is 6.95. The van der Waals surface area contributed by atoms with Gasteiger partial charge in [-0.25, -0.2) is 0 Å². The predicted molar refractivity (Wildman–Crippen MR) is 65.4 cm³/mol. The lowest BCUT2D eigenvalue weighted by atomic mass is 10.2. The second-order valence-electron chi connectivity index (χ2n) is 2.66. The molecule has 0 amide bonds. The van der Waals surface area contributed by atoms with E-state index in [4.69, 9.17) is 41.2 Å². The van der Waals surface area contributed by atoms with Gasteiger partial charge in [-0.2, -0.15) is 0 Å². The first kappa shape index (κ1) is 12.3. The van der Waals surface area contributed by atoms with E-state index in [1.54, 1.807) is 18.2 Å². The SMILES string of the molecule is [C-]#[N+]C(=NN=C(N)N)c1cccc(Cl)c1Cl. The van der Waals surface area contributed by atoms with Gasteiger partial charge >= 0.3 is 5.84 Å². The van der Waals surface area contributed by atoms with E-state index in [1.165, 1.54) is 0 Å². The maximum absolute atomic E-state index is 6.95. The van der Waals surface area contributed by atoms with Gasteiger partial charge in [0.25, 0.3) is 0 Å². The van der Waals surface area contributed by atoms with Gasteiger partial charge in [-0.1, -0.05) is 41.9 Å². The maximum Gasteiger partial charge on any atom is 0.305 e. The summed E-state index contributed by atoms with van der Waals surface area (Å²) in [5.74, 6) is -0.264. The topological polar surface area (TPSA) is 81.1 Å². The van der Waals surface area contributed by atoms with E-state index in [0.717, 1.165) is 0 Å². The van der Waals surface area contributed by atoms with E-state index in [9.17, 15) is 0 Å². The third-order valence-electron chi connectivity index (χ3n) is 1.56. The number of amidine groups is 1. The highest BCUT2D eigenvalue weighted by Crippen LogP contribution is 2.26. The smallest absolute Gasteiger partial charge is 0.305 e. The Hall–Kier alpha value is -1.77. The molecule has 0 atom stereocenters. The number of nitrogens with two attached hydrogens (primary N) is 2. The van der Waals surface area contributed by atoms with Crippen LogP contribution in [-0.2, 0) is 0 Å². The summed E-state index contributed by atoms with van der Waals surface area (Å²) in [6.07, 6.45) is 0. The molecule has 1 rings (SSSR count). The van der Waals surface area contributed by atoms with Crippen LogP contribution in [0.5, 0.6) is 0 Å². The van der Waals surface area contributed by atoms with Crippen molar-refractivity contribution >= 4 is 35.0 Å². The number of nitrogens with zero attached hydrogens (tertiary/aromatic N) is 3. The van der Waals surface area contributed by atoms with Crippen molar-refractivity contribution in [2.75, 3.05) is 0 Å². The Labute approximate surface area is 102 Å². The van der Waals surface area contributed by atoms with Crippen molar-refractivity contribution in [3.63, 3.8) is 0 Å². The molecule has 0 bridgehead atoms. The molecule has 0 fully saturated rings. The van der Waals surface area contributed by atoms with E-state index in [-0.39, 0.29) is 16.8 Å². The summed E-state index contributed by atoms with van der Waals surface area (Å²) in [5, 5.41) is 7.53. The molecule has 0 saturated heterocycles. The summed E-state index contributed by atoms with van der Waals surface area (Å²) in [6, 6.07) is 4.86. The lowest BCUT2D eigenvalue weighted by Gasteiger charge is -2.01. The number of halogens is 2. The van der Waals surface area contributed by atoms with Crippen LogP contribution in [-0.4, -0.2) is 11.8 Å². The van der Waals surface area contributed by atoms with Crippen molar-refractivity contribution in [3.8, 4) is 0 Å². The van der Waals surface area contributed by atoms with Crippen LogP contribution in [0, 0.1) is 6.57 Å². The minimum Gasteiger partial charge on any atom is -0.367 e. The van der Waals surface area contributed by atoms with Crippen LogP contribution in [0.15, 0.2) is 28.4 Å². The Balaban J connectivity index is 3.26. The summed E-state index contributed by atoms with van der Waals surface area (Å²) in [7, 11) is 0. The van der Waals surface area contributed by atoms with Gasteiger partial charge < -0.3 is 16.3 Å². The second-order valence-corrected chi connectivity index (χ2v) is 3.45. The zero-order valence-electron chi connectivity index (χ0n) is 7.98. The van der Waals surface area contributed by atoms with Crippen LogP contribution in [0.4, 0.5) is 0 Å². The van der Waals surface area contributed by atoms with Crippen LogP contribution in [0.1, 0.15) is 5.56 Å². The van der Waals surface area contributed by atoms with E-state index < -0.39 is 0 Å². The molecule has 82 valence electrons. The Morgan fingerprint density at radius 2 is 1.94 bits per heavy atom.